The van der Waals surface area contributed by atoms with Gasteiger partial charge in [-0.2, -0.15) is 0 Å². The predicted molar refractivity (Wildman–Crippen MR) is 73.1 cm³/mol. The van der Waals surface area contributed by atoms with E-state index in [1.165, 1.54) is 11.1 Å². The molecule has 3 rings (SSSR count). The van der Waals surface area contributed by atoms with Crippen molar-refractivity contribution in [3.8, 4) is 11.5 Å². The maximum absolute atomic E-state index is 5.86. The average Bonchev–Trinajstić information content (AvgIpc) is 2.41. The Balaban J connectivity index is 1.88. The monoisotopic (exact) mass is 239 g/mol. The molecule has 0 radical (unpaired) electrons. The highest BCUT2D eigenvalue weighted by molar-refractivity contribution is 5.41. The van der Waals surface area contributed by atoms with Gasteiger partial charge < -0.3 is 10.1 Å². The quantitative estimate of drug-likeness (QED) is 0.863. The number of hydrogen-bond acceptors (Lipinski definition) is 2. The van der Waals surface area contributed by atoms with Crippen LogP contribution in [0, 0.1) is 0 Å². The maximum atomic E-state index is 5.86. The van der Waals surface area contributed by atoms with Crippen molar-refractivity contribution in [2.45, 2.75) is 19.4 Å². The molecule has 18 heavy (non-hydrogen) atoms. The third-order valence-corrected chi connectivity index (χ3v) is 3.41. The van der Waals surface area contributed by atoms with Gasteiger partial charge in [0.25, 0.3) is 0 Å². The highest BCUT2D eigenvalue weighted by Gasteiger charge is 2.16. The molecule has 0 saturated heterocycles. The van der Waals surface area contributed by atoms with Crippen LogP contribution in [0.15, 0.2) is 48.5 Å². The summed E-state index contributed by atoms with van der Waals surface area (Å²) in [7, 11) is 0. The Bertz CT molecular complexity index is 536. The van der Waals surface area contributed by atoms with E-state index < -0.39 is 0 Å². The van der Waals surface area contributed by atoms with E-state index in [4.69, 9.17) is 4.74 Å². The van der Waals surface area contributed by atoms with E-state index in [9.17, 15) is 0 Å². The lowest BCUT2D eigenvalue weighted by atomic mass is 9.95. The van der Waals surface area contributed by atoms with Gasteiger partial charge in [-0.1, -0.05) is 24.3 Å². The summed E-state index contributed by atoms with van der Waals surface area (Å²) in [5.41, 5.74) is 2.79. The first-order valence-electron chi connectivity index (χ1n) is 6.42. The Morgan fingerprint density at radius 3 is 2.72 bits per heavy atom. The molecule has 0 saturated carbocycles. The topological polar surface area (TPSA) is 21.3 Å². The van der Waals surface area contributed by atoms with Gasteiger partial charge in [-0.25, -0.2) is 0 Å². The number of rotatable bonds is 2. The second kappa shape index (κ2) is 4.83. The normalized spacial score (nSPS) is 18.2. The minimum atomic E-state index is 0.410. The molecule has 2 heteroatoms. The van der Waals surface area contributed by atoms with Crippen molar-refractivity contribution < 1.29 is 4.74 Å². The molecular weight excluding hydrogens is 222 g/mol. The van der Waals surface area contributed by atoms with Crippen molar-refractivity contribution in [3.05, 3.63) is 59.7 Å². The minimum absolute atomic E-state index is 0.410. The standard InChI is InChI=1S/C16H17NO/c1-12-16-11-15(8-7-13(16)9-10-17-12)18-14-5-3-2-4-6-14/h2-8,11-12,17H,9-10H2,1H3/t12-/m0/s1. The van der Waals surface area contributed by atoms with Gasteiger partial charge in [-0.15, -0.1) is 0 Å². The lowest BCUT2D eigenvalue weighted by Gasteiger charge is -2.24. The van der Waals surface area contributed by atoms with Gasteiger partial charge in [0.15, 0.2) is 0 Å². The van der Waals surface area contributed by atoms with Crippen LogP contribution in [-0.2, 0) is 6.42 Å². The third kappa shape index (κ3) is 2.24. The van der Waals surface area contributed by atoms with Crippen LogP contribution in [0.2, 0.25) is 0 Å². The molecule has 0 aromatic heterocycles. The molecule has 0 amide bonds. The van der Waals surface area contributed by atoms with Crippen LogP contribution in [0.3, 0.4) is 0 Å². The maximum Gasteiger partial charge on any atom is 0.127 e. The van der Waals surface area contributed by atoms with E-state index in [0.717, 1.165) is 24.5 Å². The molecule has 2 aromatic carbocycles. The van der Waals surface area contributed by atoms with E-state index in [-0.39, 0.29) is 0 Å². The Morgan fingerprint density at radius 1 is 1.06 bits per heavy atom. The molecule has 1 aliphatic heterocycles. The summed E-state index contributed by atoms with van der Waals surface area (Å²) in [5, 5.41) is 3.47. The SMILES string of the molecule is C[C@@H]1NCCc2ccc(Oc3ccccc3)cc21. The van der Waals surface area contributed by atoms with Crippen molar-refractivity contribution in [2.75, 3.05) is 6.54 Å². The Morgan fingerprint density at radius 2 is 1.89 bits per heavy atom. The first-order valence-corrected chi connectivity index (χ1v) is 6.42. The van der Waals surface area contributed by atoms with Crippen LogP contribution in [0.4, 0.5) is 0 Å². The van der Waals surface area contributed by atoms with Crippen molar-refractivity contribution >= 4 is 0 Å². The summed E-state index contributed by atoms with van der Waals surface area (Å²) in [5.74, 6) is 1.80. The zero-order chi connectivity index (χ0) is 12.4. The number of ether oxygens (including phenoxy) is 1. The molecule has 92 valence electrons. The molecule has 0 unspecified atom stereocenters. The summed E-state index contributed by atoms with van der Waals surface area (Å²) < 4.78 is 5.86. The first kappa shape index (κ1) is 11.3. The van der Waals surface area contributed by atoms with Gasteiger partial charge >= 0.3 is 0 Å². The predicted octanol–water partition coefficient (Wildman–Crippen LogP) is 3.69. The van der Waals surface area contributed by atoms with E-state index in [1.807, 2.05) is 30.3 Å². The Kier molecular flexibility index (Phi) is 3.03. The molecule has 1 N–H and O–H groups in total. The van der Waals surface area contributed by atoms with Crippen LogP contribution in [0.5, 0.6) is 11.5 Å². The number of para-hydroxylation sites is 1. The zero-order valence-electron chi connectivity index (χ0n) is 10.5. The van der Waals surface area contributed by atoms with Crippen LogP contribution in [-0.4, -0.2) is 6.54 Å². The summed E-state index contributed by atoms with van der Waals surface area (Å²) in [6.07, 6.45) is 1.10. The van der Waals surface area contributed by atoms with Crippen molar-refractivity contribution in [3.63, 3.8) is 0 Å². The molecule has 0 aliphatic carbocycles. The fourth-order valence-corrected chi connectivity index (χ4v) is 2.43. The average molecular weight is 239 g/mol. The molecule has 1 heterocycles. The minimum Gasteiger partial charge on any atom is -0.457 e. The summed E-state index contributed by atoms with van der Waals surface area (Å²) in [4.78, 5) is 0. The van der Waals surface area contributed by atoms with Gasteiger partial charge in [0, 0.05) is 6.04 Å². The van der Waals surface area contributed by atoms with E-state index in [1.54, 1.807) is 0 Å². The summed E-state index contributed by atoms with van der Waals surface area (Å²) in [6.45, 7) is 3.26. The fraction of sp³-hybridized carbons (Fsp3) is 0.250. The lowest BCUT2D eigenvalue weighted by molar-refractivity contribution is 0.476. The van der Waals surface area contributed by atoms with Crippen molar-refractivity contribution in [2.24, 2.45) is 0 Å². The molecule has 1 atom stereocenters. The molecular formula is C16H17NO. The fourth-order valence-electron chi connectivity index (χ4n) is 2.43. The number of hydrogen-bond donors (Lipinski definition) is 1. The second-order valence-corrected chi connectivity index (χ2v) is 4.70. The van der Waals surface area contributed by atoms with Crippen molar-refractivity contribution in [1.29, 1.82) is 0 Å². The highest BCUT2D eigenvalue weighted by Crippen LogP contribution is 2.29. The highest BCUT2D eigenvalue weighted by atomic mass is 16.5. The Hall–Kier alpha value is -1.80. The van der Waals surface area contributed by atoms with E-state index in [0.29, 0.717) is 6.04 Å². The van der Waals surface area contributed by atoms with Crippen molar-refractivity contribution in [1.82, 2.24) is 5.32 Å². The summed E-state index contributed by atoms with van der Waals surface area (Å²) in [6, 6.07) is 16.7. The Labute approximate surface area is 108 Å². The van der Waals surface area contributed by atoms with Gasteiger partial charge in [0.1, 0.15) is 11.5 Å². The summed E-state index contributed by atoms with van der Waals surface area (Å²) >= 11 is 0. The zero-order valence-corrected chi connectivity index (χ0v) is 10.5. The van der Waals surface area contributed by atoms with Crippen LogP contribution >= 0.6 is 0 Å². The van der Waals surface area contributed by atoms with Gasteiger partial charge in [0.05, 0.1) is 0 Å². The smallest absolute Gasteiger partial charge is 0.127 e. The van der Waals surface area contributed by atoms with Crippen LogP contribution in [0.1, 0.15) is 24.1 Å². The van der Waals surface area contributed by atoms with Gasteiger partial charge in [0.2, 0.25) is 0 Å². The van der Waals surface area contributed by atoms with Crippen LogP contribution in [0.25, 0.3) is 0 Å². The molecule has 0 fully saturated rings. The van der Waals surface area contributed by atoms with Crippen LogP contribution < -0.4 is 10.1 Å². The number of nitrogens with one attached hydrogen (secondary N) is 1. The van der Waals surface area contributed by atoms with Gasteiger partial charge in [-0.05, 0) is 55.3 Å². The molecule has 2 nitrogen and oxygen atoms in total. The second-order valence-electron chi connectivity index (χ2n) is 4.70. The lowest BCUT2D eigenvalue weighted by Crippen LogP contribution is -2.27. The van der Waals surface area contributed by atoms with E-state index >= 15 is 0 Å². The molecule has 0 spiro atoms. The van der Waals surface area contributed by atoms with E-state index in [2.05, 4.69) is 30.4 Å². The largest absolute Gasteiger partial charge is 0.457 e. The molecule has 1 aliphatic rings. The molecule has 0 bridgehead atoms. The number of fused-ring (bicyclic) bond motifs is 1. The van der Waals surface area contributed by atoms with Gasteiger partial charge in [-0.3, -0.25) is 0 Å². The third-order valence-electron chi connectivity index (χ3n) is 3.41. The number of benzene rings is 2. The first-order chi connectivity index (χ1) is 8.83. The molecule has 2 aromatic rings.